The van der Waals surface area contributed by atoms with Crippen molar-refractivity contribution in [3.63, 3.8) is 0 Å². The number of rotatable bonds is 11. The minimum atomic E-state index is -1.24. The fraction of sp³-hybridized carbons (Fsp3) is 0.208. The number of phenols is 1. The number of carboxylic acid groups (broad SMARTS) is 2. The van der Waals surface area contributed by atoms with Crippen LogP contribution in [0.1, 0.15) is 35.3 Å². The maximum atomic E-state index is 12.7. The summed E-state index contributed by atoms with van der Waals surface area (Å²) >= 11 is 0. The van der Waals surface area contributed by atoms with E-state index in [0.29, 0.717) is 23.3 Å². The van der Waals surface area contributed by atoms with E-state index in [4.69, 9.17) is 19.7 Å². The Morgan fingerprint density at radius 3 is 2.12 bits per heavy atom. The van der Waals surface area contributed by atoms with Gasteiger partial charge in [-0.1, -0.05) is 35.9 Å². The number of allylic oxidation sites excluding steroid dienone is 3. The molecule has 0 saturated carbocycles. The molecule has 0 heterocycles. The van der Waals surface area contributed by atoms with Crippen molar-refractivity contribution in [3.8, 4) is 17.2 Å². The highest BCUT2D eigenvalue weighted by Gasteiger charge is 2.19. The molecule has 0 fully saturated rings. The smallest absolute Gasteiger partial charge is 0.341 e. The van der Waals surface area contributed by atoms with Crippen molar-refractivity contribution in [1.29, 1.82) is 0 Å². The number of carbonyl (C=O) groups is 3. The van der Waals surface area contributed by atoms with E-state index in [1.165, 1.54) is 18.2 Å². The van der Waals surface area contributed by atoms with Crippen molar-refractivity contribution in [2.75, 3.05) is 13.2 Å². The predicted octanol–water partition coefficient (Wildman–Crippen LogP) is 3.72. The van der Waals surface area contributed by atoms with Crippen molar-refractivity contribution in [1.82, 2.24) is 0 Å². The zero-order valence-corrected chi connectivity index (χ0v) is 17.7. The highest BCUT2D eigenvalue weighted by atomic mass is 16.5. The van der Waals surface area contributed by atoms with Crippen LogP contribution in [0.15, 0.2) is 54.1 Å². The molecular weight excluding hydrogens is 416 g/mol. The second-order valence-electron chi connectivity index (χ2n) is 7.07. The fourth-order valence-electron chi connectivity index (χ4n) is 2.65. The number of ketones is 1. The molecule has 0 bridgehead atoms. The van der Waals surface area contributed by atoms with E-state index in [2.05, 4.69) is 0 Å². The number of ether oxygens (including phenoxy) is 2. The van der Waals surface area contributed by atoms with E-state index in [-0.39, 0.29) is 17.1 Å². The average Bonchev–Trinajstić information content (AvgIpc) is 2.74. The van der Waals surface area contributed by atoms with Gasteiger partial charge in [0.1, 0.15) is 5.75 Å². The third-order valence-electron chi connectivity index (χ3n) is 4.22. The summed E-state index contributed by atoms with van der Waals surface area (Å²) in [7, 11) is 0. The Bertz CT molecular complexity index is 1040. The molecule has 168 valence electrons. The SMILES string of the molecule is CC(C)=CCc1ccc(C(=O)C=Cc2ccc(OCC(=O)O)cc2)c(OCC(=O)O)c1O. The Labute approximate surface area is 185 Å². The number of carbonyl (C=O) groups excluding carboxylic acids is 1. The summed E-state index contributed by atoms with van der Waals surface area (Å²) in [6, 6.07) is 9.50. The van der Waals surface area contributed by atoms with Crippen LogP contribution in [0.5, 0.6) is 17.2 Å². The van der Waals surface area contributed by atoms with Crippen molar-refractivity contribution in [3.05, 3.63) is 70.8 Å². The summed E-state index contributed by atoms with van der Waals surface area (Å²) in [5.74, 6) is -2.89. The molecule has 0 aliphatic rings. The lowest BCUT2D eigenvalue weighted by molar-refractivity contribution is -0.140. The van der Waals surface area contributed by atoms with Crippen molar-refractivity contribution < 1.29 is 39.2 Å². The van der Waals surface area contributed by atoms with Gasteiger partial charge in [-0.3, -0.25) is 4.79 Å². The summed E-state index contributed by atoms with van der Waals surface area (Å²) in [5, 5.41) is 28.1. The van der Waals surface area contributed by atoms with Crippen LogP contribution in [0.25, 0.3) is 6.08 Å². The number of carboxylic acids is 2. The van der Waals surface area contributed by atoms with Crippen LogP contribution >= 0.6 is 0 Å². The van der Waals surface area contributed by atoms with Crippen LogP contribution in [-0.4, -0.2) is 46.3 Å². The lowest BCUT2D eigenvalue weighted by Gasteiger charge is -2.13. The van der Waals surface area contributed by atoms with Crippen LogP contribution in [0.4, 0.5) is 0 Å². The first-order valence-corrected chi connectivity index (χ1v) is 9.67. The van der Waals surface area contributed by atoms with Crippen LogP contribution in [0.3, 0.4) is 0 Å². The molecule has 0 unspecified atom stereocenters. The molecule has 2 rings (SSSR count). The Morgan fingerprint density at radius 1 is 0.906 bits per heavy atom. The van der Waals surface area contributed by atoms with Crippen LogP contribution < -0.4 is 9.47 Å². The standard InChI is InChI=1S/C24H24O8/c1-15(2)3-7-17-8-11-19(24(23(17)30)32-14-22(28)29)20(25)12-6-16-4-9-18(10-5-16)31-13-21(26)27/h3-6,8-12,30H,7,13-14H2,1-2H3,(H,26,27)(H,28,29). The summed E-state index contributed by atoms with van der Waals surface area (Å²) < 4.78 is 10.3. The van der Waals surface area contributed by atoms with Crippen LogP contribution in [0, 0.1) is 0 Å². The Kier molecular flexibility index (Phi) is 8.59. The molecule has 2 aromatic rings. The molecule has 0 atom stereocenters. The van der Waals surface area contributed by atoms with Gasteiger partial charge in [0, 0.05) is 5.56 Å². The van der Waals surface area contributed by atoms with Crippen molar-refractivity contribution in [2.24, 2.45) is 0 Å². The fourth-order valence-corrected chi connectivity index (χ4v) is 2.65. The summed E-state index contributed by atoms with van der Waals surface area (Å²) in [6.45, 7) is 2.65. The normalized spacial score (nSPS) is 10.6. The Hall–Kier alpha value is -4.07. The van der Waals surface area contributed by atoms with E-state index in [0.717, 1.165) is 5.57 Å². The molecule has 0 spiro atoms. The summed E-state index contributed by atoms with van der Waals surface area (Å²) in [4.78, 5) is 34.2. The summed E-state index contributed by atoms with van der Waals surface area (Å²) in [5.41, 5.74) is 2.23. The van der Waals surface area contributed by atoms with Gasteiger partial charge in [-0.05, 0) is 50.1 Å². The van der Waals surface area contributed by atoms with E-state index in [9.17, 15) is 19.5 Å². The van der Waals surface area contributed by atoms with Gasteiger partial charge in [0.15, 0.2) is 30.5 Å². The van der Waals surface area contributed by atoms with Gasteiger partial charge in [-0.2, -0.15) is 0 Å². The van der Waals surface area contributed by atoms with E-state index >= 15 is 0 Å². The molecule has 0 aromatic heterocycles. The van der Waals surface area contributed by atoms with Crippen molar-refractivity contribution >= 4 is 23.8 Å². The highest BCUT2D eigenvalue weighted by molar-refractivity contribution is 6.09. The number of hydrogen-bond donors (Lipinski definition) is 3. The third kappa shape index (κ3) is 7.32. The zero-order chi connectivity index (χ0) is 23.7. The van der Waals surface area contributed by atoms with Crippen LogP contribution in [0.2, 0.25) is 0 Å². The molecule has 2 aromatic carbocycles. The number of hydrogen-bond acceptors (Lipinski definition) is 6. The quantitative estimate of drug-likeness (QED) is 0.274. The minimum absolute atomic E-state index is 0.0300. The van der Waals surface area contributed by atoms with Gasteiger partial charge in [0.25, 0.3) is 0 Å². The minimum Gasteiger partial charge on any atom is -0.504 e. The summed E-state index contributed by atoms with van der Waals surface area (Å²) in [6.07, 6.45) is 5.09. The molecular formula is C24H24O8. The number of phenolic OH excluding ortho intramolecular Hbond substituents is 1. The van der Waals surface area contributed by atoms with Gasteiger partial charge in [0.2, 0.25) is 0 Å². The van der Waals surface area contributed by atoms with Gasteiger partial charge in [-0.25, -0.2) is 9.59 Å². The lowest BCUT2D eigenvalue weighted by Crippen LogP contribution is -2.12. The van der Waals surface area contributed by atoms with Gasteiger partial charge in [-0.15, -0.1) is 0 Å². The maximum absolute atomic E-state index is 12.7. The molecule has 8 heteroatoms. The highest BCUT2D eigenvalue weighted by Crippen LogP contribution is 2.35. The van der Waals surface area contributed by atoms with Gasteiger partial charge in [0.05, 0.1) is 5.56 Å². The molecule has 32 heavy (non-hydrogen) atoms. The number of aliphatic carboxylic acids is 2. The van der Waals surface area contributed by atoms with E-state index < -0.39 is 30.9 Å². The molecule has 0 saturated heterocycles. The number of aromatic hydroxyl groups is 1. The van der Waals surface area contributed by atoms with Gasteiger partial charge < -0.3 is 24.8 Å². The molecule has 0 aliphatic heterocycles. The first-order chi connectivity index (χ1) is 15.2. The topological polar surface area (TPSA) is 130 Å². The molecule has 3 N–H and O–H groups in total. The van der Waals surface area contributed by atoms with Crippen molar-refractivity contribution in [2.45, 2.75) is 20.3 Å². The monoisotopic (exact) mass is 440 g/mol. The number of benzene rings is 2. The second kappa shape index (κ2) is 11.4. The first kappa shape index (κ1) is 24.2. The molecule has 0 radical (unpaired) electrons. The van der Waals surface area contributed by atoms with Crippen LogP contribution in [-0.2, 0) is 16.0 Å². The van der Waals surface area contributed by atoms with E-state index in [1.54, 1.807) is 30.3 Å². The van der Waals surface area contributed by atoms with E-state index in [1.807, 2.05) is 19.9 Å². The Balaban J connectivity index is 2.25. The maximum Gasteiger partial charge on any atom is 0.341 e. The Morgan fingerprint density at radius 2 is 1.53 bits per heavy atom. The molecule has 0 aliphatic carbocycles. The molecule has 0 amide bonds. The molecule has 8 nitrogen and oxygen atoms in total. The largest absolute Gasteiger partial charge is 0.504 e. The zero-order valence-electron chi connectivity index (χ0n) is 17.7. The third-order valence-corrected chi connectivity index (χ3v) is 4.22. The lowest BCUT2D eigenvalue weighted by atomic mass is 10.0. The second-order valence-corrected chi connectivity index (χ2v) is 7.07. The average molecular weight is 440 g/mol. The first-order valence-electron chi connectivity index (χ1n) is 9.67. The predicted molar refractivity (Wildman–Crippen MR) is 117 cm³/mol. The van der Waals surface area contributed by atoms with Gasteiger partial charge >= 0.3 is 11.9 Å².